The molecule has 0 saturated heterocycles. The third-order valence-electron chi connectivity index (χ3n) is 3.70. The first-order chi connectivity index (χ1) is 13.6. The van der Waals surface area contributed by atoms with Crippen molar-refractivity contribution < 1.29 is 19.0 Å². The minimum Gasteiger partial charge on any atom is -0.491 e. The highest BCUT2D eigenvalue weighted by Gasteiger charge is 2.13. The molecule has 2 N–H and O–H groups in total. The highest BCUT2D eigenvalue weighted by atomic mass is 32.1. The van der Waals surface area contributed by atoms with Crippen LogP contribution in [0.3, 0.4) is 0 Å². The number of carbonyl (C=O) groups is 1. The van der Waals surface area contributed by atoms with Gasteiger partial charge in [-0.25, -0.2) is 14.2 Å². The number of unbranched alkanes of at least 4 members (excludes halogenated alkanes) is 1. The molecule has 146 valence electrons. The van der Waals surface area contributed by atoms with E-state index in [1.54, 1.807) is 12.1 Å². The number of ether oxygens (including phenoxy) is 1. The van der Waals surface area contributed by atoms with E-state index in [9.17, 15) is 9.18 Å². The second-order valence-corrected chi connectivity index (χ2v) is 6.75. The number of benzene rings is 1. The Labute approximate surface area is 168 Å². The molecule has 1 heterocycles. The van der Waals surface area contributed by atoms with E-state index in [2.05, 4.69) is 28.1 Å². The van der Waals surface area contributed by atoms with Crippen LogP contribution in [0, 0.1) is 30.0 Å². The van der Waals surface area contributed by atoms with E-state index in [0.717, 1.165) is 19.4 Å². The zero-order valence-corrected chi connectivity index (χ0v) is 16.2. The van der Waals surface area contributed by atoms with Crippen molar-refractivity contribution >= 4 is 17.3 Å². The number of aromatic carboxylic acids is 1. The number of hydrogen-bond donors (Lipinski definition) is 2. The normalized spacial score (nSPS) is 10.0. The number of halogens is 1. The molecule has 0 bridgehead atoms. The Morgan fingerprint density at radius 1 is 1.39 bits per heavy atom. The van der Waals surface area contributed by atoms with Crippen molar-refractivity contribution in [1.82, 2.24) is 10.3 Å². The highest BCUT2D eigenvalue weighted by Crippen LogP contribution is 2.19. The smallest absolute Gasteiger partial charge is 0.355 e. The molecule has 2 rings (SSSR count). The van der Waals surface area contributed by atoms with Gasteiger partial charge in [-0.3, -0.25) is 0 Å². The molecule has 0 aliphatic carbocycles. The molecular formula is C21H21FN2O3S. The van der Waals surface area contributed by atoms with Gasteiger partial charge < -0.3 is 15.2 Å². The summed E-state index contributed by atoms with van der Waals surface area (Å²) in [5.41, 5.74) is 2.15. The number of aromatic nitrogens is 1. The van der Waals surface area contributed by atoms with Gasteiger partial charge in [0.2, 0.25) is 0 Å². The first-order valence-electron chi connectivity index (χ1n) is 8.83. The van der Waals surface area contributed by atoms with Crippen LogP contribution in [-0.4, -0.2) is 35.8 Å². The number of rotatable bonds is 10. The zero-order valence-electron chi connectivity index (χ0n) is 15.3. The molecular weight excluding hydrogens is 379 g/mol. The molecule has 0 aliphatic heterocycles. The summed E-state index contributed by atoms with van der Waals surface area (Å²) in [6.07, 6.45) is 7.89. The molecule has 28 heavy (non-hydrogen) atoms. The monoisotopic (exact) mass is 400 g/mol. The summed E-state index contributed by atoms with van der Waals surface area (Å²) in [7, 11) is 0. The predicted octanol–water partition coefficient (Wildman–Crippen LogP) is 3.35. The summed E-state index contributed by atoms with van der Waals surface area (Å²) in [5, 5.41) is 12.2. The van der Waals surface area contributed by atoms with Crippen molar-refractivity contribution in [3.8, 4) is 29.9 Å². The SMILES string of the molecule is C#CCCCNCC#Cc1ccc(OCCCc2scnc2C(=O)O)c(F)c1. The molecule has 0 radical (unpaired) electrons. The van der Waals surface area contributed by atoms with E-state index in [0.29, 0.717) is 29.8 Å². The minimum atomic E-state index is -1.04. The molecule has 1 aromatic carbocycles. The van der Waals surface area contributed by atoms with Gasteiger partial charge in [0.05, 0.1) is 18.7 Å². The number of nitrogens with zero attached hydrogens (tertiary/aromatic N) is 1. The van der Waals surface area contributed by atoms with Gasteiger partial charge in [-0.1, -0.05) is 11.8 Å². The van der Waals surface area contributed by atoms with Crippen LogP contribution in [0.15, 0.2) is 23.7 Å². The quantitative estimate of drug-likeness (QED) is 0.473. The van der Waals surface area contributed by atoms with Crippen molar-refractivity contribution in [3.63, 3.8) is 0 Å². The fraction of sp³-hybridized carbons (Fsp3) is 0.333. The van der Waals surface area contributed by atoms with Crippen LogP contribution in [0.4, 0.5) is 4.39 Å². The topological polar surface area (TPSA) is 71.5 Å². The molecule has 0 atom stereocenters. The largest absolute Gasteiger partial charge is 0.491 e. The molecule has 0 unspecified atom stereocenters. The molecule has 0 aliphatic rings. The number of carboxylic acid groups (broad SMARTS) is 1. The zero-order chi connectivity index (χ0) is 20.2. The first kappa shape index (κ1) is 21.4. The van der Waals surface area contributed by atoms with Crippen molar-refractivity contribution in [2.75, 3.05) is 19.7 Å². The molecule has 2 aromatic rings. The Hall–Kier alpha value is -2.87. The van der Waals surface area contributed by atoms with Gasteiger partial charge in [-0.15, -0.1) is 23.7 Å². The van der Waals surface area contributed by atoms with Crippen LogP contribution in [0.5, 0.6) is 5.75 Å². The van der Waals surface area contributed by atoms with Crippen molar-refractivity contribution in [2.24, 2.45) is 0 Å². The summed E-state index contributed by atoms with van der Waals surface area (Å²) < 4.78 is 19.6. The lowest BCUT2D eigenvalue weighted by molar-refractivity contribution is 0.0690. The van der Waals surface area contributed by atoms with E-state index in [-0.39, 0.29) is 18.1 Å². The molecule has 0 fully saturated rings. The van der Waals surface area contributed by atoms with Crippen LogP contribution in [0.25, 0.3) is 0 Å². The van der Waals surface area contributed by atoms with Crippen LogP contribution in [0.2, 0.25) is 0 Å². The van der Waals surface area contributed by atoms with Gasteiger partial charge in [-0.2, -0.15) is 0 Å². The van der Waals surface area contributed by atoms with E-state index < -0.39 is 11.8 Å². The van der Waals surface area contributed by atoms with Gasteiger partial charge in [0, 0.05) is 16.9 Å². The lowest BCUT2D eigenvalue weighted by Gasteiger charge is -2.07. The third kappa shape index (κ3) is 7.03. The first-order valence-corrected chi connectivity index (χ1v) is 9.71. The van der Waals surface area contributed by atoms with Crippen LogP contribution >= 0.6 is 11.3 Å². The molecule has 7 heteroatoms. The van der Waals surface area contributed by atoms with Crippen LogP contribution in [0.1, 0.15) is 40.2 Å². The molecule has 0 saturated carbocycles. The molecule has 0 spiro atoms. The van der Waals surface area contributed by atoms with E-state index in [4.69, 9.17) is 16.3 Å². The predicted molar refractivity (Wildman–Crippen MR) is 107 cm³/mol. The summed E-state index contributed by atoms with van der Waals surface area (Å²) in [4.78, 5) is 15.5. The number of terminal acetylenes is 1. The third-order valence-corrected chi connectivity index (χ3v) is 4.59. The van der Waals surface area contributed by atoms with Gasteiger partial charge in [0.25, 0.3) is 0 Å². The highest BCUT2D eigenvalue weighted by molar-refractivity contribution is 7.09. The number of nitrogens with one attached hydrogen (secondary N) is 1. The summed E-state index contributed by atoms with van der Waals surface area (Å²) in [5.74, 6) is 7.04. The Morgan fingerprint density at radius 2 is 2.25 bits per heavy atom. The maximum atomic E-state index is 14.1. The fourth-order valence-electron chi connectivity index (χ4n) is 2.35. The van der Waals surface area contributed by atoms with E-state index in [1.807, 2.05) is 0 Å². The van der Waals surface area contributed by atoms with Crippen molar-refractivity contribution in [1.29, 1.82) is 0 Å². The second-order valence-electron chi connectivity index (χ2n) is 5.81. The molecule has 5 nitrogen and oxygen atoms in total. The van der Waals surface area contributed by atoms with Crippen LogP contribution in [-0.2, 0) is 6.42 Å². The maximum Gasteiger partial charge on any atom is 0.355 e. The standard InChI is InChI=1S/C21H21FN2O3S/c1-2-3-4-11-23-12-5-7-16-9-10-18(17(22)14-16)27-13-6-8-19-20(21(25)26)24-15-28-19/h1,9-10,14-15,23H,3-4,6,8,11-13H2,(H,25,26). The van der Waals surface area contributed by atoms with E-state index in [1.165, 1.54) is 22.9 Å². The summed E-state index contributed by atoms with van der Waals surface area (Å²) in [6, 6.07) is 4.59. The second kappa shape index (κ2) is 11.8. The van der Waals surface area contributed by atoms with Gasteiger partial charge in [-0.05, 0) is 44.0 Å². The lowest BCUT2D eigenvalue weighted by Crippen LogP contribution is -2.14. The molecule has 0 amide bonds. The Bertz CT molecular complexity index is 893. The summed E-state index contributed by atoms with van der Waals surface area (Å²) in [6.45, 7) is 1.59. The maximum absolute atomic E-state index is 14.1. The number of aryl methyl sites for hydroxylation is 1. The van der Waals surface area contributed by atoms with Crippen molar-refractivity contribution in [3.05, 3.63) is 45.7 Å². The Kier molecular flexibility index (Phi) is 9.00. The average Bonchev–Trinajstić information content (AvgIpc) is 3.15. The lowest BCUT2D eigenvalue weighted by atomic mass is 10.2. The van der Waals surface area contributed by atoms with E-state index >= 15 is 0 Å². The fourth-order valence-corrected chi connectivity index (χ4v) is 3.14. The van der Waals surface area contributed by atoms with Gasteiger partial charge in [0.15, 0.2) is 17.3 Å². The Balaban J connectivity index is 1.75. The number of thiazole rings is 1. The minimum absolute atomic E-state index is 0.0737. The van der Waals surface area contributed by atoms with Gasteiger partial charge in [0.1, 0.15) is 0 Å². The van der Waals surface area contributed by atoms with Crippen molar-refractivity contribution in [2.45, 2.75) is 25.7 Å². The van der Waals surface area contributed by atoms with Crippen LogP contribution < -0.4 is 10.1 Å². The Morgan fingerprint density at radius 3 is 3.00 bits per heavy atom. The molecule has 1 aromatic heterocycles. The van der Waals surface area contributed by atoms with Gasteiger partial charge >= 0.3 is 5.97 Å². The number of hydrogen-bond acceptors (Lipinski definition) is 5. The average molecular weight is 400 g/mol. The summed E-state index contributed by atoms with van der Waals surface area (Å²) >= 11 is 1.29. The number of carboxylic acids is 1.